The highest BCUT2D eigenvalue weighted by Gasteiger charge is 2.20. The number of carbonyl (C=O) groups is 1. The molecule has 2 N–H and O–H groups in total. The number of nitrogens with one attached hydrogen (secondary N) is 1. The van der Waals surface area contributed by atoms with Crippen molar-refractivity contribution in [2.45, 2.75) is 25.4 Å². The topological polar surface area (TPSA) is 71.0 Å². The molecule has 6 nitrogen and oxygen atoms in total. The van der Waals surface area contributed by atoms with Crippen LogP contribution in [-0.2, 0) is 14.3 Å². The lowest BCUT2D eigenvalue weighted by molar-refractivity contribution is -0.123. The smallest absolute Gasteiger partial charge is 0.234 e. The Balaban J connectivity index is 2.06. The Kier molecular flexibility index (Phi) is 8.73. The Bertz CT molecular complexity index is 243. The fraction of sp³-hybridized carbons (Fsp3) is 0.923. The summed E-state index contributed by atoms with van der Waals surface area (Å²) in [4.78, 5) is 13.8. The number of hydrogen-bond acceptors (Lipinski definition) is 5. The van der Waals surface area contributed by atoms with Crippen LogP contribution >= 0.6 is 0 Å². The Morgan fingerprint density at radius 1 is 1.37 bits per heavy atom. The van der Waals surface area contributed by atoms with Crippen LogP contribution in [0.5, 0.6) is 0 Å². The van der Waals surface area contributed by atoms with Gasteiger partial charge in [-0.05, 0) is 19.3 Å². The molecule has 1 amide bonds. The van der Waals surface area contributed by atoms with Gasteiger partial charge in [0, 0.05) is 33.4 Å². The maximum absolute atomic E-state index is 11.7. The molecule has 1 aliphatic rings. The molecule has 1 heterocycles. The zero-order valence-corrected chi connectivity index (χ0v) is 11.8. The van der Waals surface area contributed by atoms with Gasteiger partial charge in [0.15, 0.2) is 0 Å². The van der Waals surface area contributed by atoms with Crippen LogP contribution in [0, 0.1) is 0 Å². The van der Waals surface area contributed by atoms with E-state index in [0.29, 0.717) is 26.3 Å². The van der Waals surface area contributed by atoms with E-state index >= 15 is 0 Å². The molecular formula is C13H26N2O4. The molecule has 1 fully saturated rings. The predicted molar refractivity (Wildman–Crippen MR) is 72.0 cm³/mol. The Morgan fingerprint density at radius 3 is 2.74 bits per heavy atom. The molecule has 1 aliphatic heterocycles. The molecule has 0 aromatic carbocycles. The molecule has 112 valence electrons. The van der Waals surface area contributed by atoms with Crippen LogP contribution in [0.3, 0.4) is 0 Å². The standard InChI is InChI=1S/C13H26N2O4/c1-18-9-2-5-14-13(17)11-15-6-3-12(4-7-15)19-10-8-16/h12,16H,2-11H2,1H3,(H,14,17). The van der Waals surface area contributed by atoms with Crippen LogP contribution in [0.15, 0.2) is 0 Å². The molecule has 1 saturated heterocycles. The molecule has 0 spiro atoms. The quantitative estimate of drug-likeness (QED) is 0.561. The lowest BCUT2D eigenvalue weighted by Crippen LogP contribution is -2.43. The summed E-state index contributed by atoms with van der Waals surface area (Å²) in [5, 5.41) is 11.6. The number of ether oxygens (including phenoxy) is 2. The van der Waals surface area contributed by atoms with Crippen molar-refractivity contribution in [1.29, 1.82) is 0 Å². The first-order valence-electron chi connectivity index (χ1n) is 6.96. The van der Waals surface area contributed by atoms with Crippen molar-refractivity contribution in [1.82, 2.24) is 10.2 Å². The predicted octanol–water partition coefficient (Wildman–Crippen LogP) is -0.388. The van der Waals surface area contributed by atoms with Gasteiger partial charge in [0.2, 0.25) is 5.91 Å². The Morgan fingerprint density at radius 2 is 2.11 bits per heavy atom. The third-order valence-corrected chi connectivity index (χ3v) is 3.19. The number of hydrogen-bond donors (Lipinski definition) is 2. The molecule has 0 radical (unpaired) electrons. The number of nitrogens with zero attached hydrogens (tertiary/aromatic N) is 1. The summed E-state index contributed by atoms with van der Waals surface area (Å²) < 4.78 is 10.4. The summed E-state index contributed by atoms with van der Waals surface area (Å²) in [7, 11) is 1.66. The first kappa shape index (κ1) is 16.4. The normalized spacial score (nSPS) is 17.6. The number of likely N-dealkylation sites (tertiary alicyclic amines) is 1. The zero-order valence-electron chi connectivity index (χ0n) is 11.8. The average molecular weight is 274 g/mol. The number of methoxy groups -OCH3 is 1. The minimum Gasteiger partial charge on any atom is -0.394 e. The van der Waals surface area contributed by atoms with Crippen molar-refractivity contribution < 1.29 is 19.4 Å². The lowest BCUT2D eigenvalue weighted by Gasteiger charge is -2.31. The van der Waals surface area contributed by atoms with Crippen molar-refractivity contribution in [3.63, 3.8) is 0 Å². The van der Waals surface area contributed by atoms with E-state index in [-0.39, 0.29) is 18.6 Å². The van der Waals surface area contributed by atoms with E-state index in [0.717, 1.165) is 32.4 Å². The summed E-state index contributed by atoms with van der Waals surface area (Å²) in [5.41, 5.74) is 0. The first-order chi connectivity index (χ1) is 9.26. The second-order valence-corrected chi connectivity index (χ2v) is 4.77. The minimum absolute atomic E-state index is 0.0735. The fourth-order valence-corrected chi connectivity index (χ4v) is 2.16. The van der Waals surface area contributed by atoms with Gasteiger partial charge in [-0.2, -0.15) is 0 Å². The molecule has 0 aromatic heterocycles. The van der Waals surface area contributed by atoms with Gasteiger partial charge in [-0.1, -0.05) is 0 Å². The summed E-state index contributed by atoms with van der Waals surface area (Å²) in [6.07, 6.45) is 2.93. The SMILES string of the molecule is COCCCNC(=O)CN1CCC(OCCO)CC1. The fourth-order valence-electron chi connectivity index (χ4n) is 2.16. The van der Waals surface area contributed by atoms with Crippen LogP contribution in [-0.4, -0.2) is 75.1 Å². The van der Waals surface area contributed by atoms with Crippen molar-refractivity contribution in [3.8, 4) is 0 Å². The minimum atomic E-state index is 0.0735. The third-order valence-electron chi connectivity index (χ3n) is 3.19. The number of carbonyl (C=O) groups excluding carboxylic acids is 1. The van der Waals surface area contributed by atoms with Crippen molar-refractivity contribution in [2.75, 3.05) is 53.1 Å². The van der Waals surface area contributed by atoms with E-state index < -0.39 is 0 Å². The molecule has 1 rings (SSSR count). The van der Waals surface area contributed by atoms with Gasteiger partial charge >= 0.3 is 0 Å². The van der Waals surface area contributed by atoms with Crippen LogP contribution < -0.4 is 5.32 Å². The van der Waals surface area contributed by atoms with Crippen LogP contribution in [0.1, 0.15) is 19.3 Å². The largest absolute Gasteiger partial charge is 0.394 e. The molecule has 0 aromatic rings. The van der Waals surface area contributed by atoms with E-state index in [1.807, 2.05) is 0 Å². The van der Waals surface area contributed by atoms with Crippen molar-refractivity contribution >= 4 is 5.91 Å². The number of aliphatic hydroxyl groups is 1. The molecule has 6 heteroatoms. The van der Waals surface area contributed by atoms with Crippen LogP contribution in [0.25, 0.3) is 0 Å². The number of aliphatic hydroxyl groups excluding tert-OH is 1. The van der Waals surface area contributed by atoms with Crippen molar-refractivity contribution in [3.05, 3.63) is 0 Å². The van der Waals surface area contributed by atoms with Gasteiger partial charge in [0.05, 0.1) is 25.9 Å². The summed E-state index contributed by atoms with van der Waals surface area (Å²) in [6, 6.07) is 0. The molecule has 0 bridgehead atoms. The molecule has 0 saturated carbocycles. The maximum atomic E-state index is 11.7. The van der Waals surface area contributed by atoms with Crippen LogP contribution in [0.2, 0.25) is 0 Å². The van der Waals surface area contributed by atoms with E-state index in [2.05, 4.69) is 10.2 Å². The van der Waals surface area contributed by atoms with Gasteiger partial charge in [-0.15, -0.1) is 0 Å². The molecule has 0 unspecified atom stereocenters. The van der Waals surface area contributed by atoms with Gasteiger partial charge in [0.1, 0.15) is 0 Å². The third kappa shape index (κ3) is 7.47. The van der Waals surface area contributed by atoms with Gasteiger partial charge in [-0.3, -0.25) is 9.69 Å². The van der Waals surface area contributed by atoms with Gasteiger partial charge in [0.25, 0.3) is 0 Å². The Hall–Kier alpha value is -0.690. The highest BCUT2D eigenvalue weighted by atomic mass is 16.5. The number of piperidine rings is 1. The van der Waals surface area contributed by atoms with Gasteiger partial charge < -0.3 is 19.9 Å². The highest BCUT2D eigenvalue weighted by Crippen LogP contribution is 2.12. The van der Waals surface area contributed by atoms with E-state index in [1.165, 1.54) is 0 Å². The molecular weight excluding hydrogens is 248 g/mol. The van der Waals surface area contributed by atoms with E-state index in [1.54, 1.807) is 7.11 Å². The summed E-state index contributed by atoms with van der Waals surface area (Å²) >= 11 is 0. The van der Waals surface area contributed by atoms with E-state index in [4.69, 9.17) is 14.6 Å². The zero-order chi connectivity index (χ0) is 13.9. The van der Waals surface area contributed by atoms with Crippen LogP contribution in [0.4, 0.5) is 0 Å². The maximum Gasteiger partial charge on any atom is 0.234 e. The molecule has 0 aliphatic carbocycles. The summed E-state index contributed by atoms with van der Waals surface area (Å²) in [6.45, 7) is 4.04. The number of amides is 1. The second kappa shape index (κ2) is 10.1. The van der Waals surface area contributed by atoms with Crippen molar-refractivity contribution in [2.24, 2.45) is 0 Å². The lowest BCUT2D eigenvalue weighted by atomic mass is 10.1. The second-order valence-electron chi connectivity index (χ2n) is 4.77. The first-order valence-corrected chi connectivity index (χ1v) is 6.96. The highest BCUT2D eigenvalue weighted by molar-refractivity contribution is 5.77. The molecule has 0 atom stereocenters. The molecule has 19 heavy (non-hydrogen) atoms. The number of rotatable bonds is 9. The summed E-state index contributed by atoms with van der Waals surface area (Å²) in [5.74, 6) is 0.0748. The average Bonchev–Trinajstić information content (AvgIpc) is 2.43. The Labute approximate surface area is 115 Å². The van der Waals surface area contributed by atoms with E-state index in [9.17, 15) is 4.79 Å². The monoisotopic (exact) mass is 274 g/mol. The van der Waals surface area contributed by atoms with Gasteiger partial charge in [-0.25, -0.2) is 0 Å².